The Morgan fingerprint density at radius 2 is 2.05 bits per heavy atom. The van der Waals surface area contributed by atoms with Crippen LogP contribution in [0.25, 0.3) is 11.0 Å². The molecule has 2 rings (SSSR count). The summed E-state index contributed by atoms with van der Waals surface area (Å²) < 4.78 is 38.0. The quantitative estimate of drug-likeness (QED) is 0.814. The molecule has 0 fully saturated rings. The van der Waals surface area contributed by atoms with Gasteiger partial charge in [-0.1, -0.05) is 11.6 Å². The molecule has 0 aromatic carbocycles. The summed E-state index contributed by atoms with van der Waals surface area (Å²) in [5.74, 6) is 0.371. The van der Waals surface area contributed by atoms with Crippen molar-refractivity contribution >= 4 is 22.6 Å². The maximum Gasteiger partial charge on any atom is 0.390 e. The Morgan fingerprint density at radius 3 is 2.70 bits per heavy atom. The number of rotatable bonds is 4. The number of halogens is 4. The zero-order valence-corrected chi connectivity index (χ0v) is 11.7. The van der Waals surface area contributed by atoms with E-state index in [0.717, 1.165) is 0 Å². The summed E-state index contributed by atoms with van der Waals surface area (Å²) in [5, 5.41) is 4.89. The van der Waals surface area contributed by atoms with E-state index in [2.05, 4.69) is 15.1 Å². The molecule has 0 spiro atoms. The van der Waals surface area contributed by atoms with Crippen LogP contribution in [0.2, 0.25) is 5.15 Å². The molecule has 0 radical (unpaired) electrons. The van der Waals surface area contributed by atoms with Crippen LogP contribution in [-0.2, 0) is 13.6 Å². The van der Waals surface area contributed by atoms with Crippen LogP contribution in [0, 0.1) is 0 Å². The fourth-order valence-corrected chi connectivity index (χ4v) is 1.97. The normalized spacial score (nSPS) is 12.6. The van der Waals surface area contributed by atoms with Gasteiger partial charge in [0.1, 0.15) is 11.0 Å². The van der Waals surface area contributed by atoms with E-state index >= 15 is 0 Å². The molecule has 0 aliphatic heterocycles. The number of aromatic nitrogens is 4. The van der Waals surface area contributed by atoms with E-state index in [9.17, 15) is 13.2 Å². The van der Waals surface area contributed by atoms with Crippen molar-refractivity contribution in [2.45, 2.75) is 19.1 Å². The fraction of sp³-hybridized carbons (Fsp3) is 0.545. The van der Waals surface area contributed by atoms with E-state index in [1.165, 1.54) is 4.90 Å². The maximum atomic E-state index is 12.1. The van der Waals surface area contributed by atoms with Gasteiger partial charge >= 0.3 is 6.18 Å². The summed E-state index contributed by atoms with van der Waals surface area (Å²) in [4.78, 5) is 9.84. The number of fused-ring (bicyclic) bond motifs is 1. The van der Waals surface area contributed by atoms with E-state index < -0.39 is 12.6 Å². The molecule has 2 aromatic rings. The minimum Gasteiger partial charge on any atom is -0.299 e. The van der Waals surface area contributed by atoms with Crippen LogP contribution in [0.5, 0.6) is 0 Å². The molecule has 110 valence electrons. The molecule has 9 heteroatoms. The largest absolute Gasteiger partial charge is 0.390 e. The summed E-state index contributed by atoms with van der Waals surface area (Å²) in [6, 6.07) is 0. The number of hydrogen-bond donors (Lipinski definition) is 0. The third kappa shape index (κ3) is 3.57. The molecule has 0 unspecified atom stereocenters. The molecule has 0 N–H and O–H groups in total. The van der Waals surface area contributed by atoms with Crippen LogP contribution in [0.15, 0.2) is 6.20 Å². The van der Waals surface area contributed by atoms with Crippen molar-refractivity contribution in [2.75, 3.05) is 13.6 Å². The Kier molecular flexibility index (Phi) is 4.14. The highest BCUT2D eigenvalue weighted by atomic mass is 35.5. The van der Waals surface area contributed by atoms with Gasteiger partial charge in [0.2, 0.25) is 0 Å². The third-order valence-electron chi connectivity index (χ3n) is 2.78. The number of alkyl halides is 3. The Balaban J connectivity index is 2.11. The number of nitrogens with zero attached hydrogens (tertiary/aromatic N) is 5. The van der Waals surface area contributed by atoms with Gasteiger partial charge in [-0.15, -0.1) is 0 Å². The zero-order valence-electron chi connectivity index (χ0n) is 10.9. The van der Waals surface area contributed by atoms with E-state index in [4.69, 9.17) is 11.6 Å². The predicted octanol–water partition coefficient (Wildman–Crippen LogP) is 2.40. The molecule has 0 atom stereocenters. The van der Waals surface area contributed by atoms with Gasteiger partial charge in [0.05, 0.1) is 24.5 Å². The van der Waals surface area contributed by atoms with Crippen molar-refractivity contribution in [1.82, 2.24) is 24.6 Å². The molecule has 5 nitrogen and oxygen atoms in total. The highest BCUT2D eigenvalue weighted by Gasteiger charge is 2.27. The lowest BCUT2D eigenvalue weighted by Crippen LogP contribution is -2.25. The Bertz CT molecular complexity index is 610. The Morgan fingerprint density at radius 1 is 1.35 bits per heavy atom. The standard InChI is InChI=1S/C11H13ClF3N5/c1-19(4-3-11(13,14)15)6-8-17-9(12)7-5-16-20(2)10(7)18-8/h5H,3-4,6H2,1-2H3. The number of aryl methyl sites for hydroxylation is 1. The van der Waals surface area contributed by atoms with E-state index in [1.807, 2.05) is 0 Å². The monoisotopic (exact) mass is 307 g/mol. The molecule has 0 amide bonds. The molecule has 2 heterocycles. The summed E-state index contributed by atoms with van der Waals surface area (Å²) in [6.07, 6.45) is -3.49. The topological polar surface area (TPSA) is 46.8 Å². The maximum absolute atomic E-state index is 12.1. The average Bonchev–Trinajstić information content (AvgIpc) is 2.69. The van der Waals surface area contributed by atoms with Crippen LogP contribution in [0.1, 0.15) is 12.2 Å². The first-order valence-corrected chi connectivity index (χ1v) is 6.23. The second-order valence-electron chi connectivity index (χ2n) is 4.54. The van der Waals surface area contributed by atoms with Gasteiger partial charge in [-0.3, -0.25) is 9.58 Å². The van der Waals surface area contributed by atoms with Crippen molar-refractivity contribution in [2.24, 2.45) is 7.05 Å². The molecule has 0 aliphatic rings. The molecular formula is C11H13ClF3N5. The lowest BCUT2D eigenvalue weighted by molar-refractivity contribution is -0.137. The highest BCUT2D eigenvalue weighted by molar-refractivity contribution is 6.33. The van der Waals surface area contributed by atoms with Gasteiger partial charge in [0.15, 0.2) is 5.65 Å². The Labute approximate surface area is 118 Å². The van der Waals surface area contributed by atoms with Crippen molar-refractivity contribution < 1.29 is 13.2 Å². The zero-order chi connectivity index (χ0) is 14.9. The minimum atomic E-state index is -4.17. The van der Waals surface area contributed by atoms with Crippen LogP contribution in [0.4, 0.5) is 13.2 Å². The van der Waals surface area contributed by atoms with Crippen LogP contribution in [-0.4, -0.2) is 44.4 Å². The van der Waals surface area contributed by atoms with Gasteiger partial charge in [0, 0.05) is 13.6 Å². The summed E-state index contributed by atoms with van der Waals surface area (Å²) >= 11 is 6.01. The van der Waals surface area contributed by atoms with E-state index in [0.29, 0.717) is 16.9 Å². The molecular weight excluding hydrogens is 295 g/mol. The SMILES string of the molecule is CN(CCC(F)(F)F)Cc1nc(Cl)c2cnn(C)c2n1. The average molecular weight is 308 g/mol. The lowest BCUT2D eigenvalue weighted by Gasteiger charge is -2.16. The Hall–Kier alpha value is -1.41. The summed E-state index contributed by atoms with van der Waals surface area (Å²) in [7, 11) is 3.29. The molecule has 0 bridgehead atoms. The molecule has 0 saturated carbocycles. The first-order chi connectivity index (χ1) is 9.26. The second kappa shape index (κ2) is 5.53. The van der Waals surface area contributed by atoms with Crippen molar-refractivity contribution in [1.29, 1.82) is 0 Å². The van der Waals surface area contributed by atoms with Crippen molar-refractivity contribution in [3.8, 4) is 0 Å². The highest BCUT2D eigenvalue weighted by Crippen LogP contribution is 2.21. The fourth-order valence-electron chi connectivity index (χ4n) is 1.74. The van der Waals surface area contributed by atoms with Gasteiger partial charge < -0.3 is 0 Å². The van der Waals surface area contributed by atoms with Gasteiger partial charge in [-0.2, -0.15) is 18.3 Å². The minimum absolute atomic E-state index is 0.117. The van der Waals surface area contributed by atoms with Crippen LogP contribution < -0.4 is 0 Å². The first kappa shape index (κ1) is 15.0. The van der Waals surface area contributed by atoms with E-state index in [1.54, 1.807) is 25.0 Å². The molecule has 2 aromatic heterocycles. The lowest BCUT2D eigenvalue weighted by atomic mass is 10.3. The molecule has 0 saturated heterocycles. The third-order valence-corrected chi connectivity index (χ3v) is 3.07. The van der Waals surface area contributed by atoms with Crippen molar-refractivity contribution in [3.05, 3.63) is 17.2 Å². The van der Waals surface area contributed by atoms with Gasteiger partial charge in [0.25, 0.3) is 0 Å². The summed E-state index contributed by atoms with van der Waals surface area (Å²) in [6.45, 7) is 0.0742. The second-order valence-corrected chi connectivity index (χ2v) is 4.90. The van der Waals surface area contributed by atoms with Crippen molar-refractivity contribution in [3.63, 3.8) is 0 Å². The van der Waals surface area contributed by atoms with Crippen LogP contribution >= 0.6 is 11.6 Å². The smallest absolute Gasteiger partial charge is 0.299 e. The van der Waals surface area contributed by atoms with Gasteiger partial charge in [-0.05, 0) is 7.05 Å². The predicted molar refractivity (Wildman–Crippen MR) is 68.3 cm³/mol. The summed E-state index contributed by atoms with van der Waals surface area (Å²) in [5.41, 5.74) is 0.559. The molecule has 0 aliphatic carbocycles. The molecule has 20 heavy (non-hydrogen) atoms. The van der Waals surface area contributed by atoms with E-state index in [-0.39, 0.29) is 18.2 Å². The van der Waals surface area contributed by atoms with Gasteiger partial charge in [-0.25, -0.2) is 9.97 Å². The first-order valence-electron chi connectivity index (χ1n) is 5.85. The van der Waals surface area contributed by atoms with Crippen LogP contribution in [0.3, 0.4) is 0 Å². The number of hydrogen-bond acceptors (Lipinski definition) is 4.